The second-order valence-corrected chi connectivity index (χ2v) is 4.84. The van der Waals surface area contributed by atoms with E-state index in [1.807, 2.05) is 0 Å². The Morgan fingerprint density at radius 3 is 2.31 bits per heavy atom. The third-order valence-electron chi connectivity index (χ3n) is 3.04. The van der Waals surface area contributed by atoms with E-state index in [9.17, 15) is 0 Å². The molecule has 0 aliphatic carbocycles. The number of hydrogen-bond donors (Lipinski definition) is 2. The molecule has 0 amide bonds. The molecular formula is C14H24N2. The molecule has 1 aromatic carbocycles. The lowest BCUT2D eigenvalue weighted by Crippen LogP contribution is -2.17. The molecule has 90 valence electrons. The van der Waals surface area contributed by atoms with Crippen molar-refractivity contribution >= 4 is 0 Å². The van der Waals surface area contributed by atoms with Gasteiger partial charge in [-0.25, -0.2) is 0 Å². The zero-order valence-corrected chi connectivity index (χ0v) is 10.6. The molecule has 0 saturated heterocycles. The van der Waals surface area contributed by atoms with Crippen LogP contribution < -0.4 is 11.5 Å². The molecule has 0 heterocycles. The Kier molecular flexibility index (Phi) is 4.97. The molecule has 0 bridgehead atoms. The second-order valence-electron chi connectivity index (χ2n) is 4.84. The molecular weight excluding hydrogens is 196 g/mol. The quantitative estimate of drug-likeness (QED) is 0.801. The lowest BCUT2D eigenvalue weighted by Gasteiger charge is -2.18. The number of benzene rings is 1. The van der Waals surface area contributed by atoms with Gasteiger partial charge in [-0.1, -0.05) is 51.5 Å². The Hall–Kier alpha value is -0.860. The van der Waals surface area contributed by atoms with Gasteiger partial charge >= 0.3 is 0 Å². The first-order chi connectivity index (χ1) is 7.56. The van der Waals surface area contributed by atoms with Crippen LogP contribution in [0.15, 0.2) is 24.3 Å². The summed E-state index contributed by atoms with van der Waals surface area (Å²) in [7, 11) is 0. The largest absolute Gasteiger partial charge is 0.324 e. The van der Waals surface area contributed by atoms with Crippen LogP contribution in [0.5, 0.6) is 0 Å². The molecule has 0 radical (unpaired) electrons. The van der Waals surface area contributed by atoms with Crippen molar-refractivity contribution in [3.05, 3.63) is 35.4 Å². The fraction of sp³-hybridized carbons (Fsp3) is 0.571. The Morgan fingerprint density at radius 1 is 1.12 bits per heavy atom. The third kappa shape index (κ3) is 3.32. The van der Waals surface area contributed by atoms with Gasteiger partial charge in [-0.15, -0.1) is 0 Å². The molecule has 4 N–H and O–H groups in total. The van der Waals surface area contributed by atoms with E-state index in [-0.39, 0.29) is 12.1 Å². The highest BCUT2D eigenvalue weighted by Crippen LogP contribution is 2.23. The molecule has 2 heteroatoms. The van der Waals surface area contributed by atoms with Crippen molar-refractivity contribution in [3.8, 4) is 0 Å². The lowest BCUT2D eigenvalue weighted by molar-refractivity contribution is 0.513. The third-order valence-corrected chi connectivity index (χ3v) is 3.04. The minimum Gasteiger partial charge on any atom is -0.324 e. The first-order valence-electron chi connectivity index (χ1n) is 6.17. The molecule has 0 saturated carbocycles. The summed E-state index contributed by atoms with van der Waals surface area (Å²) in [6, 6.07) is 8.65. The van der Waals surface area contributed by atoms with Gasteiger partial charge < -0.3 is 11.5 Å². The summed E-state index contributed by atoms with van der Waals surface area (Å²) >= 11 is 0. The average molecular weight is 220 g/mol. The maximum Gasteiger partial charge on any atom is 0.0318 e. The monoisotopic (exact) mass is 220 g/mol. The summed E-state index contributed by atoms with van der Waals surface area (Å²) in [4.78, 5) is 0. The van der Waals surface area contributed by atoms with Gasteiger partial charge in [0.25, 0.3) is 0 Å². The fourth-order valence-corrected chi connectivity index (χ4v) is 1.86. The van der Waals surface area contributed by atoms with Crippen LogP contribution in [-0.2, 0) is 0 Å². The standard InChI is InChI=1S/C14H24N2/c1-4-6-13(15)11-7-5-8-12(9-11)14(16)10(2)3/h5,7-10,13-14H,4,6,15-16H2,1-3H3. The van der Waals surface area contributed by atoms with Crippen molar-refractivity contribution in [2.24, 2.45) is 17.4 Å². The van der Waals surface area contributed by atoms with E-state index in [2.05, 4.69) is 45.0 Å². The summed E-state index contributed by atoms with van der Waals surface area (Å²) in [5.41, 5.74) is 14.6. The van der Waals surface area contributed by atoms with Crippen molar-refractivity contribution in [1.82, 2.24) is 0 Å². The zero-order chi connectivity index (χ0) is 12.1. The van der Waals surface area contributed by atoms with Crippen LogP contribution >= 0.6 is 0 Å². The molecule has 0 aromatic heterocycles. The van der Waals surface area contributed by atoms with Gasteiger partial charge in [0.2, 0.25) is 0 Å². The summed E-state index contributed by atoms with van der Waals surface area (Å²) in [6.45, 7) is 6.44. The highest BCUT2D eigenvalue weighted by molar-refractivity contribution is 5.28. The number of rotatable bonds is 5. The number of nitrogens with two attached hydrogens (primary N) is 2. The Morgan fingerprint density at radius 2 is 1.75 bits per heavy atom. The molecule has 1 aromatic rings. The van der Waals surface area contributed by atoms with Gasteiger partial charge in [-0.05, 0) is 23.5 Å². The Balaban J connectivity index is 2.86. The SMILES string of the molecule is CCCC(N)c1cccc(C(N)C(C)C)c1. The van der Waals surface area contributed by atoms with Gasteiger partial charge in [0.05, 0.1) is 0 Å². The summed E-state index contributed by atoms with van der Waals surface area (Å²) in [6.07, 6.45) is 2.14. The molecule has 2 unspecified atom stereocenters. The Bertz CT molecular complexity index is 320. The molecule has 0 fully saturated rings. The van der Waals surface area contributed by atoms with Crippen molar-refractivity contribution < 1.29 is 0 Å². The van der Waals surface area contributed by atoms with Crippen LogP contribution in [0.3, 0.4) is 0 Å². The van der Waals surface area contributed by atoms with Crippen molar-refractivity contribution in [2.45, 2.75) is 45.7 Å². The van der Waals surface area contributed by atoms with E-state index >= 15 is 0 Å². The topological polar surface area (TPSA) is 52.0 Å². The van der Waals surface area contributed by atoms with E-state index in [4.69, 9.17) is 11.5 Å². The minimum atomic E-state index is 0.105. The van der Waals surface area contributed by atoms with E-state index in [1.54, 1.807) is 0 Å². The van der Waals surface area contributed by atoms with Crippen molar-refractivity contribution in [3.63, 3.8) is 0 Å². The predicted molar refractivity (Wildman–Crippen MR) is 70.0 cm³/mol. The van der Waals surface area contributed by atoms with Crippen LogP contribution in [0.1, 0.15) is 56.8 Å². The van der Waals surface area contributed by atoms with Crippen molar-refractivity contribution in [1.29, 1.82) is 0 Å². The molecule has 16 heavy (non-hydrogen) atoms. The average Bonchev–Trinajstić information content (AvgIpc) is 2.28. The lowest BCUT2D eigenvalue weighted by atomic mass is 9.93. The van der Waals surface area contributed by atoms with E-state index < -0.39 is 0 Å². The van der Waals surface area contributed by atoms with Crippen LogP contribution in [0.4, 0.5) is 0 Å². The van der Waals surface area contributed by atoms with E-state index in [0.29, 0.717) is 5.92 Å². The normalized spacial score (nSPS) is 15.1. The predicted octanol–water partition coefficient (Wildman–Crippen LogP) is 3.14. The molecule has 0 aliphatic rings. The molecule has 0 spiro atoms. The fourth-order valence-electron chi connectivity index (χ4n) is 1.86. The zero-order valence-electron chi connectivity index (χ0n) is 10.6. The maximum absolute atomic E-state index is 6.14. The van der Waals surface area contributed by atoms with Gasteiger partial charge in [0.15, 0.2) is 0 Å². The molecule has 2 atom stereocenters. The maximum atomic E-state index is 6.14. The number of hydrogen-bond acceptors (Lipinski definition) is 2. The molecule has 1 rings (SSSR count). The Labute approximate surface area is 99.0 Å². The van der Waals surface area contributed by atoms with Gasteiger partial charge in [-0.2, -0.15) is 0 Å². The smallest absolute Gasteiger partial charge is 0.0318 e. The second kappa shape index (κ2) is 6.02. The van der Waals surface area contributed by atoms with Crippen LogP contribution in [0.2, 0.25) is 0 Å². The molecule has 2 nitrogen and oxygen atoms in total. The summed E-state index contributed by atoms with van der Waals surface area (Å²) in [5.74, 6) is 0.456. The summed E-state index contributed by atoms with van der Waals surface area (Å²) in [5, 5.41) is 0. The first-order valence-corrected chi connectivity index (χ1v) is 6.17. The minimum absolute atomic E-state index is 0.105. The van der Waals surface area contributed by atoms with E-state index in [1.165, 1.54) is 11.1 Å². The van der Waals surface area contributed by atoms with Crippen LogP contribution in [0.25, 0.3) is 0 Å². The summed E-state index contributed by atoms with van der Waals surface area (Å²) < 4.78 is 0. The van der Waals surface area contributed by atoms with E-state index in [0.717, 1.165) is 12.8 Å². The van der Waals surface area contributed by atoms with Gasteiger partial charge in [-0.3, -0.25) is 0 Å². The van der Waals surface area contributed by atoms with Crippen LogP contribution in [0, 0.1) is 5.92 Å². The first kappa shape index (κ1) is 13.2. The molecule has 0 aliphatic heterocycles. The highest BCUT2D eigenvalue weighted by Gasteiger charge is 2.12. The van der Waals surface area contributed by atoms with Crippen LogP contribution in [-0.4, -0.2) is 0 Å². The highest BCUT2D eigenvalue weighted by atomic mass is 14.6. The van der Waals surface area contributed by atoms with Crippen molar-refractivity contribution in [2.75, 3.05) is 0 Å². The van der Waals surface area contributed by atoms with Gasteiger partial charge in [0.1, 0.15) is 0 Å². The van der Waals surface area contributed by atoms with Gasteiger partial charge in [0, 0.05) is 12.1 Å².